The fourth-order valence-corrected chi connectivity index (χ4v) is 2.00. The minimum atomic E-state index is -0.172. The predicted octanol–water partition coefficient (Wildman–Crippen LogP) is 4.89. The van der Waals surface area contributed by atoms with Crippen molar-refractivity contribution in [2.75, 3.05) is 7.11 Å². The van der Waals surface area contributed by atoms with Gasteiger partial charge in [0.1, 0.15) is 5.75 Å². The Kier molecular flexibility index (Phi) is 6.50. The van der Waals surface area contributed by atoms with Crippen molar-refractivity contribution >= 4 is 6.21 Å². The summed E-state index contributed by atoms with van der Waals surface area (Å²) in [6, 6.07) is 7.93. The number of hydrogen-bond donors (Lipinski definition) is 0. The number of rotatable bonds is 8. The SMILES string of the molecule is C=CC(C)(CCCC(C)C)N=Cc1ccc(OC)cc1. The van der Waals surface area contributed by atoms with E-state index in [4.69, 9.17) is 9.73 Å². The lowest BCUT2D eigenvalue weighted by Crippen LogP contribution is -2.18. The highest BCUT2D eigenvalue weighted by Crippen LogP contribution is 2.22. The monoisotopic (exact) mass is 273 g/mol. The van der Waals surface area contributed by atoms with E-state index in [1.807, 2.05) is 36.6 Å². The molecule has 2 nitrogen and oxygen atoms in total. The first-order valence-electron chi connectivity index (χ1n) is 7.32. The molecular formula is C18H27NO. The lowest BCUT2D eigenvalue weighted by atomic mass is 9.93. The Morgan fingerprint density at radius 1 is 1.30 bits per heavy atom. The second-order valence-electron chi connectivity index (χ2n) is 5.88. The Hall–Kier alpha value is -1.57. The summed E-state index contributed by atoms with van der Waals surface area (Å²) in [6.07, 6.45) is 7.34. The molecule has 1 unspecified atom stereocenters. The van der Waals surface area contributed by atoms with Crippen LogP contribution in [0.3, 0.4) is 0 Å². The van der Waals surface area contributed by atoms with Crippen molar-refractivity contribution in [2.24, 2.45) is 10.9 Å². The van der Waals surface area contributed by atoms with Gasteiger partial charge in [0, 0.05) is 6.21 Å². The van der Waals surface area contributed by atoms with Crippen molar-refractivity contribution < 1.29 is 4.74 Å². The Labute approximate surface area is 123 Å². The number of hydrogen-bond acceptors (Lipinski definition) is 2. The first kappa shape index (κ1) is 16.5. The molecule has 20 heavy (non-hydrogen) atoms. The van der Waals surface area contributed by atoms with Crippen LogP contribution in [0.15, 0.2) is 41.9 Å². The molecule has 1 aromatic rings. The van der Waals surface area contributed by atoms with E-state index in [-0.39, 0.29) is 5.54 Å². The molecule has 0 spiro atoms. The molecule has 0 radical (unpaired) electrons. The Balaban J connectivity index is 2.64. The van der Waals surface area contributed by atoms with E-state index in [1.54, 1.807) is 7.11 Å². The number of methoxy groups -OCH3 is 1. The molecule has 1 atom stereocenters. The molecule has 0 N–H and O–H groups in total. The molecule has 0 aliphatic rings. The normalized spacial score (nSPS) is 14.4. The van der Waals surface area contributed by atoms with Crippen LogP contribution in [0.5, 0.6) is 5.75 Å². The number of ether oxygens (including phenoxy) is 1. The van der Waals surface area contributed by atoms with Crippen LogP contribution in [0.25, 0.3) is 0 Å². The quantitative estimate of drug-likeness (QED) is 0.488. The molecule has 0 fully saturated rings. The third kappa shape index (κ3) is 5.60. The fraction of sp³-hybridized carbons (Fsp3) is 0.500. The van der Waals surface area contributed by atoms with Crippen LogP contribution in [-0.4, -0.2) is 18.9 Å². The minimum Gasteiger partial charge on any atom is -0.497 e. The van der Waals surface area contributed by atoms with Crippen molar-refractivity contribution in [2.45, 2.75) is 45.6 Å². The summed E-state index contributed by atoms with van der Waals surface area (Å²) in [4.78, 5) is 4.71. The molecule has 0 amide bonds. The van der Waals surface area contributed by atoms with Crippen LogP contribution < -0.4 is 4.74 Å². The summed E-state index contributed by atoms with van der Waals surface area (Å²) in [5, 5.41) is 0. The molecule has 0 aliphatic carbocycles. The van der Waals surface area contributed by atoms with Gasteiger partial charge >= 0.3 is 0 Å². The number of aliphatic imine (C=N–C) groups is 1. The Bertz CT molecular complexity index is 433. The van der Waals surface area contributed by atoms with Crippen LogP contribution in [-0.2, 0) is 0 Å². The van der Waals surface area contributed by atoms with Crippen molar-refractivity contribution in [3.05, 3.63) is 42.5 Å². The lowest BCUT2D eigenvalue weighted by molar-refractivity contribution is 0.415. The van der Waals surface area contributed by atoms with E-state index in [9.17, 15) is 0 Å². The van der Waals surface area contributed by atoms with Crippen molar-refractivity contribution in [3.63, 3.8) is 0 Å². The number of benzene rings is 1. The zero-order chi connectivity index (χ0) is 15.0. The van der Waals surface area contributed by atoms with E-state index in [1.165, 1.54) is 12.8 Å². The molecule has 0 aliphatic heterocycles. The van der Waals surface area contributed by atoms with Crippen molar-refractivity contribution in [1.82, 2.24) is 0 Å². The average molecular weight is 273 g/mol. The number of nitrogens with zero attached hydrogens (tertiary/aromatic N) is 1. The summed E-state index contributed by atoms with van der Waals surface area (Å²) in [5.74, 6) is 1.61. The first-order valence-corrected chi connectivity index (χ1v) is 7.32. The topological polar surface area (TPSA) is 21.6 Å². The second-order valence-corrected chi connectivity index (χ2v) is 5.88. The van der Waals surface area contributed by atoms with Crippen LogP contribution in [0.4, 0.5) is 0 Å². The maximum absolute atomic E-state index is 5.15. The fourth-order valence-electron chi connectivity index (χ4n) is 2.00. The molecule has 0 saturated carbocycles. The van der Waals surface area contributed by atoms with Gasteiger partial charge in [-0.3, -0.25) is 4.99 Å². The molecule has 0 heterocycles. The summed E-state index contributed by atoms with van der Waals surface area (Å²) in [5.41, 5.74) is 0.914. The summed E-state index contributed by atoms with van der Waals surface area (Å²) >= 11 is 0. The van der Waals surface area contributed by atoms with Gasteiger partial charge in [-0.15, -0.1) is 6.58 Å². The van der Waals surface area contributed by atoms with Gasteiger partial charge in [0.05, 0.1) is 12.6 Å². The van der Waals surface area contributed by atoms with Gasteiger partial charge in [-0.25, -0.2) is 0 Å². The second kappa shape index (κ2) is 7.88. The smallest absolute Gasteiger partial charge is 0.118 e. The maximum Gasteiger partial charge on any atom is 0.118 e. The van der Waals surface area contributed by atoms with Gasteiger partial charge in [-0.2, -0.15) is 0 Å². The van der Waals surface area contributed by atoms with Crippen molar-refractivity contribution in [3.8, 4) is 5.75 Å². The summed E-state index contributed by atoms with van der Waals surface area (Å²) in [7, 11) is 1.67. The predicted molar refractivity (Wildman–Crippen MR) is 87.9 cm³/mol. The standard InChI is InChI=1S/C18H27NO/c1-6-18(4,13-7-8-15(2)3)19-14-16-9-11-17(20-5)12-10-16/h6,9-12,14-15H,1,7-8,13H2,2-5H3. The third-order valence-corrected chi connectivity index (χ3v) is 3.53. The van der Waals surface area contributed by atoms with Gasteiger partial charge in [-0.05, 0) is 49.1 Å². The Morgan fingerprint density at radius 3 is 2.45 bits per heavy atom. The highest BCUT2D eigenvalue weighted by atomic mass is 16.5. The highest BCUT2D eigenvalue weighted by Gasteiger charge is 2.17. The van der Waals surface area contributed by atoms with E-state index in [0.717, 1.165) is 23.7 Å². The van der Waals surface area contributed by atoms with E-state index >= 15 is 0 Å². The van der Waals surface area contributed by atoms with E-state index in [0.29, 0.717) is 0 Å². The van der Waals surface area contributed by atoms with E-state index < -0.39 is 0 Å². The molecule has 0 bridgehead atoms. The largest absolute Gasteiger partial charge is 0.497 e. The van der Waals surface area contributed by atoms with Crippen LogP contribution in [0, 0.1) is 5.92 Å². The first-order chi connectivity index (χ1) is 9.49. The molecule has 110 valence electrons. The van der Waals surface area contributed by atoms with Gasteiger partial charge in [0.25, 0.3) is 0 Å². The maximum atomic E-state index is 5.15. The zero-order valence-corrected chi connectivity index (χ0v) is 13.2. The van der Waals surface area contributed by atoms with Gasteiger partial charge < -0.3 is 4.74 Å². The van der Waals surface area contributed by atoms with Gasteiger partial charge in [0.15, 0.2) is 0 Å². The summed E-state index contributed by atoms with van der Waals surface area (Å²) in [6.45, 7) is 10.6. The van der Waals surface area contributed by atoms with Crippen LogP contribution >= 0.6 is 0 Å². The van der Waals surface area contributed by atoms with Crippen molar-refractivity contribution in [1.29, 1.82) is 0 Å². The highest BCUT2D eigenvalue weighted by molar-refractivity contribution is 5.80. The van der Waals surface area contributed by atoms with Crippen LogP contribution in [0.1, 0.15) is 45.6 Å². The van der Waals surface area contributed by atoms with Gasteiger partial charge in [0.2, 0.25) is 0 Å². The molecule has 1 rings (SSSR count). The average Bonchev–Trinajstić information content (AvgIpc) is 2.45. The van der Waals surface area contributed by atoms with Gasteiger partial charge in [-0.1, -0.05) is 32.8 Å². The molecule has 1 aromatic carbocycles. The summed E-state index contributed by atoms with van der Waals surface area (Å²) < 4.78 is 5.15. The van der Waals surface area contributed by atoms with Crippen LogP contribution in [0.2, 0.25) is 0 Å². The molecule has 0 aromatic heterocycles. The molecule has 2 heteroatoms. The Morgan fingerprint density at radius 2 is 1.95 bits per heavy atom. The van der Waals surface area contributed by atoms with E-state index in [2.05, 4.69) is 27.4 Å². The lowest BCUT2D eigenvalue weighted by Gasteiger charge is -2.21. The third-order valence-electron chi connectivity index (χ3n) is 3.53. The zero-order valence-electron chi connectivity index (χ0n) is 13.2. The molecule has 0 saturated heterocycles. The minimum absolute atomic E-state index is 0.172. The molecular weight excluding hydrogens is 246 g/mol.